The lowest BCUT2D eigenvalue weighted by atomic mass is 10.2. The third kappa shape index (κ3) is 2.34. The van der Waals surface area contributed by atoms with Gasteiger partial charge in [0.15, 0.2) is 5.65 Å². The van der Waals surface area contributed by atoms with Crippen molar-refractivity contribution in [2.24, 2.45) is 0 Å². The Balaban J connectivity index is 2.07. The number of aryl methyl sites for hydroxylation is 1. The van der Waals surface area contributed by atoms with E-state index in [1.54, 1.807) is 6.20 Å². The molecule has 1 aromatic carbocycles. The number of halogens is 2. The summed E-state index contributed by atoms with van der Waals surface area (Å²) in [6.07, 6.45) is 1.58. The van der Waals surface area contributed by atoms with Crippen molar-refractivity contribution >= 4 is 34.1 Å². The van der Waals surface area contributed by atoms with E-state index >= 15 is 0 Å². The SMILES string of the molecule is Cc1cc(F)cc(Nc2nc(Cl)nc3[nH]ncc23)c1. The van der Waals surface area contributed by atoms with Crippen molar-refractivity contribution in [2.45, 2.75) is 6.92 Å². The lowest BCUT2D eigenvalue weighted by Crippen LogP contribution is -1.97. The predicted molar refractivity (Wildman–Crippen MR) is 71.1 cm³/mol. The summed E-state index contributed by atoms with van der Waals surface area (Å²) in [6, 6.07) is 4.64. The van der Waals surface area contributed by atoms with Gasteiger partial charge in [-0.2, -0.15) is 15.1 Å². The van der Waals surface area contributed by atoms with E-state index in [1.165, 1.54) is 12.1 Å². The van der Waals surface area contributed by atoms with Crippen LogP contribution in [0.15, 0.2) is 24.4 Å². The van der Waals surface area contributed by atoms with E-state index in [0.29, 0.717) is 22.5 Å². The van der Waals surface area contributed by atoms with Crippen molar-refractivity contribution < 1.29 is 4.39 Å². The minimum Gasteiger partial charge on any atom is -0.339 e. The molecule has 0 spiro atoms. The van der Waals surface area contributed by atoms with Gasteiger partial charge in [-0.15, -0.1) is 0 Å². The van der Waals surface area contributed by atoms with Crippen LogP contribution in [0, 0.1) is 12.7 Å². The number of rotatable bonds is 2. The summed E-state index contributed by atoms with van der Waals surface area (Å²) < 4.78 is 13.3. The van der Waals surface area contributed by atoms with Gasteiger partial charge in [-0.1, -0.05) is 0 Å². The topological polar surface area (TPSA) is 66.5 Å². The minimum absolute atomic E-state index is 0.0902. The van der Waals surface area contributed by atoms with E-state index in [4.69, 9.17) is 11.6 Å². The molecule has 2 N–H and O–H groups in total. The first-order valence-corrected chi connectivity index (χ1v) is 5.90. The number of benzene rings is 1. The number of aromatic amines is 1. The van der Waals surface area contributed by atoms with Gasteiger partial charge in [-0.05, 0) is 42.3 Å². The molecule has 0 unspecified atom stereocenters. The van der Waals surface area contributed by atoms with Gasteiger partial charge in [0.25, 0.3) is 0 Å². The molecule has 0 aliphatic heterocycles. The average Bonchev–Trinajstić information content (AvgIpc) is 2.75. The number of hydrogen-bond acceptors (Lipinski definition) is 4. The number of nitrogens with zero attached hydrogens (tertiary/aromatic N) is 3. The minimum atomic E-state index is -0.314. The van der Waals surface area contributed by atoms with Crippen LogP contribution in [0.3, 0.4) is 0 Å². The molecule has 96 valence electrons. The molecule has 19 heavy (non-hydrogen) atoms. The van der Waals surface area contributed by atoms with Gasteiger partial charge in [-0.3, -0.25) is 5.10 Å². The second-order valence-corrected chi connectivity index (χ2v) is 4.45. The first-order valence-electron chi connectivity index (χ1n) is 5.52. The highest BCUT2D eigenvalue weighted by Gasteiger charge is 2.09. The summed E-state index contributed by atoms with van der Waals surface area (Å²) in [7, 11) is 0. The van der Waals surface area contributed by atoms with Crippen molar-refractivity contribution in [2.75, 3.05) is 5.32 Å². The molecule has 3 aromatic rings. The van der Waals surface area contributed by atoms with Crippen LogP contribution < -0.4 is 5.32 Å². The van der Waals surface area contributed by atoms with Crippen molar-refractivity contribution in [3.05, 3.63) is 41.1 Å². The zero-order valence-electron chi connectivity index (χ0n) is 9.91. The highest BCUT2D eigenvalue weighted by Crippen LogP contribution is 2.24. The zero-order chi connectivity index (χ0) is 13.4. The second-order valence-electron chi connectivity index (χ2n) is 4.12. The summed E-state index contributed by atoms with van der Waals surface area (Å²) in [5.74, 6) is 0.167. The normalized spacial score (nSPS) is 10.9. The van der Waals surface area contributed by atoms with Crippen LogP contribution in [0.5, 0.6) is 0 Å². The molecule has 2 heterocycles. The van der Waals surface area contributed by atoms with Crippen LogP contribution in [0.1, 0.15) is 5.56 Å². The highest BCUT2D eigenvalue weighted by atomic mass is 35.5. The maximum absolute atomic E-state index is 13.3. The summed E-state index contributed by atoms with van der Waals surface area (Å²) in [6.45, 7) is 1.81. The maximum atomic E-state index is 13.3. The highest BCUT2D eigenvalue weighted by molar-refractivity contribution is 6.28. The van der Waals surface area contributed by atoms with Crippen LogP contribution in [-0.4, -0.2) is 20.2 Å². The second kappa shape index (κ2) is 4.47. The zero-order valence-corrected chi connectivity index (χ0v) is 10.7. The van der Waals surface area contributed by atoms with Crippen molar-refractivity contribution in [1.29, 1.82) is 0 Å². The van der Waals surface area contributed by atoms with Crippen LogP contribution in [0.25, 0.3) is 11.0 Å². The Morgan fingerprint density at radius 3 is 2.89 bits per heavy atom. The fourth-order valence-electron chi connectivity index (χ4n) is 1.85. The molecule has 2 aromatic heterocycles. The van der Waals surface area contributed by atoms with Crippen molar-refractivity contribution in [3.8, 4) is 0 Å². The standard InChI is InChI=1S/C12H9ClFN5/c1-6-2-7(14)4-8(3-6)16-10-9-5-15-19-11(9)18-12(13)17-10/h2-5H,1H3,(H2,15,16,17,18,19). The van der Waals surface area contributed by atoms with Crippen molar-refractivity contribution in [3.63, 3.8) is 0 Å². The first kappa shape index (κ1) is 11.9. The Morgan fingerprint density at radius 2 is 2.11 bits per heavy atom. The third-order valence-corrected chi connectivity index (χ3v) is 2.76. The molecule has 3 rings (SSSR count). The van der Waals surface area contributed by atoms with Gasteiger partial charge in [0.2, 0.25) is 5.28 Å². The van der Waals surface area contributed by atoms with E-state index in [0.717, 1.165) is 5.56 Å². The molecule has 0 atom stereocenters. The fraction of sp³-hybridized carbons (Fsp3) is 0.0833. The predicted octanol–water partition coefficient (Wildman–Crippen LogP) is 3.20. The van der Waals surface area contributed by atoms with Crippen LogP contribution in [0.4, 0.5) is 15.9 Å². The van der Waals surface area contributed by atoms with Gasteiger partial charge in [0.05, 0.1) is 11.6 Å². The Morgan fingerprint density at radius 1 is 1.26 bits per heavy atom. The molecule has 0 radical (unpaired) electrons. The molecule has 0 fully saturated rings. The molecule has 0 saturated heterocycles. The molecule has 0 aliphatic rings. The Bertz CT molecular complexity index is 735. The Kier molecular flexibility index (Phi) is 2.79. The molecule has 0 saturated carbocycles. The third-order valence-electron chi connectivity index (χ3n) is 2.59. The van der Waals surface area contributed by atoms with Crippen LogP contribution >= 0.6 is 11.6 Å². The van der Waals surface area contributed by atoms with Gasteiger partial charge in [0, 0.05) is 5.69 Å². The lowest BCUT2D eigenvalue weighted by Gasteiger charge is -2.07. The number of fused-ring (bicyclic) bond motifs is 1. The van der Waals surface area contributed by atoms with Gasteiger partial charge >= 0.3 is 0 Å². The Hall–Kier alpha value is -2.21. The molecular formula is C12H9ClFN5. The van der Waals surface area contributed by atoms with E-state index < -0.39 is 0 Å². The molecule has 0 bridgehead atoms. The number of aromatic nitrogens is 4. The summed E-state index contributed by atoms with van der Waals surface area (Å²) in [5.41, 5.74) is 1.93. The lowest BCUT2D eigenvalue weighted by molar-refractivity contribution is 0.627. The number of anilines is 2. The quantitative estimate of drug-likeness (QED) is 0.706. The fourth-order valence-corrected chi connectivity index (χ4v) is 2.02. The molecule has 0 aliphatic carbocycles. The number of nitrogens with one attached hydrogen (secondary N) is 2. The number of H-pyrrole nitrogens is 1. The average molecular weight is 278 g/mol. The van der Waals surface area contributed by atoms with E-state index in [9.17, 15) is 4.39 Å². The van der Waals surface area contributed by atoms with Crippen LogP contribution in [-0.2, 0) is 0 Å². The Labute approximate surface area is 112 Å². The van der Waals surface area contributed by atoms with Gasteiger partial charge in [-0.25, -0.2) is 4.39 Å². The number of hydrogen-bond donors (Lipinski definition) is 2. The van der Waals surface area contributed by atoms with Gasteiger partial charge in [0.1, 0.15) is 11.6 Å². The van der Waals surface area contributed by atoms with Crippen molar-refractivity contribution in [1.82, 2.24) is 20.2 Å². The molecule has 5 nitrogen and oxygen atoms in total. The summed E-state index contributed by atoms with van der Waals surface area (Å²) >= 11 is 5.83. The van der Waals surface area contributed by atoms with E-state index in [2.05, 4.69) is 25.5 Å². The molecular weight excluding hydrogens is 269 g/mol. The van der Waals surface area contributed by atoms with Crippen LogP contribution in [0.2, 0.25) is 5.28 Å². The summed E-state index contributed by atoms with van der Waals surface area (Å²) in [5, 5.41) is 10.4. The molecule has 7 heteroatoms. The smallest absolute Gasteiger partial charge is 0.226 e. The monoisotopic (exact) mass is 277 g/mol. The summed E-state index contributed by atoms with van der Waals surface area (Å²) in [4.78, 5) is 8.08. The van der Waals surface area contributed by atoms with E-state index in [-0.39, 0.29) is 11.1 Å². The van der Waals surface area contributed by atoms with E-state index in [1.807, 2.05) is 13.0 Å². The van der Waals surface area contributed by atoms with Gasteiger partial charge < -0.3 is 5.32 Å². The largest absolute Gasteiger partial charge is 0.339 e. The molecule has 0 amide bonds. The maximum Gasteiger partial charge on any atom is 0.226 e. The first-order chi connectivity index (χ1) is 9.11.